The van der Waals surface area contributed by atoms with E-state index in [-0.39, 0.29) is 0 Å². The molecule has 2 nitrogen and oxygen atoms in total. The molecule has 0 aliphatic heterocycles. The van der Waals surface area contributed by atoms with Gasteiger partial charge in [-0.3, -0.25) is 0 Å². The van der Waals surface area contributed by atoms with Crippen LogP contribution in [-0.4, -0.2) is 12.6 Å². The Kier molecular flexibility index (Phi) is 2.80. The van der Waals surface area contributed by atoms with Crippen LogP contribution in [0.5, 0.6) is 0 Å². The molecule has 0 heterocycles. The summed E-state index contributed by atoms with van der Waals surface area (Å²) in [7, 11) is 0. The predicted molar refractivity (Wildman–Crippen MR) is 51.2 cm³/mol. The summed E-state index contributed by atoms with van der Waals surface area (Å²) in [6.07, 6.45) is 9.95. The quantitative estimate of drug-likeness (QED) is 0.473. The molecule has 0 aromatic heterocycles. The van der Waals surface area contributed by atoms with E-state index in [4.69, 9.17) is 0 Å². The Morgan fingerprint density at radius 1 is 1.15 bits per heavy atom. The van der Waals surface area contributed by atoms with Crippen LogP contribution in [0.25, 0.3) is 0 Å². The van der Waals surface area contributed by atoms with Crippen LogP contribution in [0.1, 0.15) is 38.5 Å². The van der Waals surface area contributed by atoms with E-state index in [1.165, 1.54) is 38.5 Å². The highest BCUT2D eigenvalue weighted by Gasteiger charge is 2.36. The second kappa shape index (κ2) is 4.06. The Labute approximate surface area is 79.4 Å². The molecule has 2 aliphatic carbocycles. The van der Waals surface area contributed by atoms with E-state index in [0.29, 0.717) is 5.92 Å². The molecule has 0 bridgehead atoms. The van der Waals surface area contributed by atoms with E-state index in [1.807, 2.05) is 0 Å². The Balaban J connectivity index is 1.94. The fourth-order valence-electron chi connectivity index (χ4n) is 3.24. The maximum Gasteiger partial charge on any atom is 0.234 e. The summed E-state index contributed by atoms with van der Waals surface area (Å²) < 4.78 is 0. The van der Waals surface area contributed by atoms with E-state index in [1.54, 1.807) is 6.08 Å². The smallest absolute Gasteiger partial charge is 0.211 e. The number of carbonyl (C=O) groups excluding carboxylic acids is 1. The van der Waals surface area contributed by atoms with Gasteiger partial charge in [0.05, 0.1) is 6.54 Å². The lowest BCUT2D eigenvalue weighted by molar-refractivity contribution is 0.232. The SMILES string of the molecule is O=C=NCC1CCC2CCCCC21. The summed E-state index contributed by atoms with van der Waals surface area (Å²) in [4.78, 5) is 13.8. The molecule has 2 fully saturated rings. The molecule has 0 amide bonds. The topological polar surface area (TPSA) is 29.4 Å². The summed E-state index contributed by atoms with van der Waals surface area (Å²) in [6, 6.07) is 0. The predicted octanol–water partition coefficient (Wildman–Crippen LogP) is 2.54. The highest BCUT2D eigenvalue weighted by atomic mass is 16.1. The van der Waals surface area contributed by atoms with E-state index in [0.717, 1.165) is 18.4 Å². The van der Waals surface area contributed by atoms with Gasteiger partial charge < -0.3 is 0 Å². The monoisotopic (exact) mass is 179 g/mol. The number of rotatable bonds is 2. The average molecular weight is 179 g/mol. The lowest BCUT2D eigenvalue weighted by atomic mass is 9.78. The molecule has 72 valence electrons. The lowest BCUT2D eigenvalue weighted by Gasteiger charge is -2.28. The van der Waals surface area contributed by atoms with Crippen molar-refractivity contribution in [2.75, 3.05) is 6.54 Å². The first kappa shape index (κ1) is 8.96. The van der Waals surface area contributed by atoms with Crippen molar-refractivity contribution in [3.05, 3.63) is 0 Å². The normalized spacial score (nSPS) is 38.0. The first-order chi connectivity index (χ1) is 6.42. The molecular weight excluding hydrogens is 162 g/mol. The molecule has 2 rings (SSSR count). The minimum absolute atomic E-state index is 0.701. The molecule has 0 saturated heterocycles. The van der Waals surface area contributed by atoms with Gasteiger partial charge in [-0.05, 0) is 37.0 Å². The molecule has 0 aromatic rings. The zero-order valence-corrected chi connectivity index (χ0v) is 8.04. The number of hydrogen-bond acceptors (Lipinski definition) is 2. The van der Waals surface area contributed by atoms with Gasteiger partial charge >= 0.3 is 0 Å². The third-order valence-electron chi connectivity index (χ3n) is 3.87. The van der Waals surface area contributed by atoms with Gasteiger partial charge in [-0.2, -0.15) is 0 Å². The minimum Gasteiger partial charge on any atom is -0.211 e. The second-order valence-corrected chi connectivity index (χ2v) is 4.48. The van der Waals surface area contributed by atoms with Crippen molar-refractivity contribution in [1.29, 1.82) is 0 Å². The van der Waals surface area contributed by atoms with Gasteiger partial charge in [0.1, 0.15) is 0 Å². The van der Waals surface area contributed by atoms with Crippen LogP contribution >= 0.6 is 0 Å². The van der Waals surface area contributed by atoms with Crippen LogP contribution in [0.4, 0.5) is 0 Å². The maximum absolute atomic E-state index is 10.0. The standard InChI is InChI=1S/C11H17NO/c13-8-12-7-10-6-5-9-3-1-2-4-11(9)10/h9-11H,1-7H2. The van der Waals surface area contributed by atoms with Gasteiger partial charge in [0.2, 0.25) is 6.08 Å². The van der Waals surface area contributed by atoms with Crippen LogP contribution in [0.15, 0.2) is 4.99 Å². The van der Waals surface area contributed by atoms with E-state index >= 15 is 0 Å². The maximum atomic E-state index is 10.0. The Bertz CT molecular complexity index is 220. The third-order valence-corrected chi connectivity index (χ3v) is 3.87. The van der Waals surface area contributed by atoms with Crippen molar-refractivity contribution in [3.63, 3.8) is 0 Å². The molecule has 0 spiro atoms. The van der Waals surface area contributed by atoms with Crippen LogP contribution in [0.3, 0.4) is 0 Å². The molecule has 2 aliphatic rings. The molecule has 13 heavy (non-hydrogen) atoms. The van der Waals surface area contributed by atoms with E-state index in [2.05, 4.69) is 4.99 Å². The minimum atomic E-state index is 0.701. The zero-order chi connectivity index (χ0) is 9.10. The van der Waals surface area contributed by atoms with Crippen LogP contribution in [0, 0.1) is 17.8 Å². The van der Waals surface area contributed by atoms with E-state index < -0.39 is 0 Å². The highest BCUT2D eigenvalue weighted by Crippen LogP contribution is 2.45. The Hall–Kier alpha value is -0.620. The van der Waals surface area contributed by atoms with Crippen molar-refractivity contribution < 1.29 is 4.79 Å². The van der Waals surface area contributed by atoms with Gasteiger partial charge in [-0.1, -0.05) is 19.3 Å². The largest absolute Gasteiger partial charge is 0.234 e. The highest BCUT2D eigenvalue weighted by molar-refractivity contribution is 5.32. The molecule has 3 atom stereocenters. The first-order valence-corrected chi connectivity index (χ1v) is 5.45. The molecule has 0 aromatic carbocycles. The molecule has 0 N–H and O–H groups in total. The summed E-state index contributed by atoms with van der Waals surface area (Å²) in [6.45, 7) is 0.741. The van der Waals surface area contributed by atoms with Crippen LogP contribution in [0.2, 0.25) is 0 Å². The number of nitrogens with zero attached hydrogens (tertiary/aromatic N) is 1. The summed E-state index contributed by atoms with van der Waals surface area (Å²) in [5.41, 5.74) is 0. The average Bonchev–Trinajstić information content (AvgIpc) is 2.58. The number of isocyanates is 1. The van der Waals surface area contributed by atoms with Crippen LogP contribution in [-0.2, 0) is 4.79 Å². The summed E-state index contributed by atoms with van der Waals surface area (Å²) in [5.74, 6) is 2.54. The Morgan fingerprint density at radius 3 is 2.85 bits per heavy atom. The zero-order valence-electron chi connectivity index (χ0n) is 8.04. The van der Waals surface area contributed by atoms with Gasteiger partial charge in [0.25, 0.3) is 0 Å². The summed E-state index contributed by atoms with van der Waals surface area (Å²) >= 11 is 0. The molecule has 3 unspecified atom stereocenters. The number of fused-ring (bicyclic) bond motifs is 1. The van der Waals surface area contributed by atoms with Gasteiger partial charge in [0, 0.05) is 0 Å². The Morgan fingerprint density at radius 2 is 2.00 bits per heavy atom. The van der Waals surface area contributed by atoms with Crippen molar-refractivity contribution >= 4 is 6.08 Å². The van der Waals surface area contributed by atoms with Gasteiger partial charge in [0.15, 0.2) is 0 Å². The number of aliphatic imine (C=N–C) groups is 1. The molecule has 2 heteroatoms. The fourth-order valence-corrected chi connectivity index (χ4v) is 3.24. The van der Waals surface area contributed by atoms with Crippen LogP contribution < -0.4 is 0 Å². The van der Waals surface area contributed by atoms with Gasteiger partial charge in [-0.15, -0.1) is 0 Å². The fraction of sp³-hybridized carbons (Fsp3) is 0.909. The second-order valence-electron chi connectivity index (χ2n) is 4.48. The molecule has 0 radical (unpaired) electrons. The van der Waals surface area contributed by atoms with E-state index in [9.17, 15) is 4.79 Å². The number of hydrogen-bond donors (Lipinski definition) is 0. The lowest BCUT2D eigenvalue weighted by Crippen LogP contribution is -2.20. The molecular formula is C11H17NO. The van der Waals surface area contributed by atoms with Crippen molar-refractivity contribution in [2.24, 2.45) is 22.7 Å². The van der Waals surface area contributed by atoms with Gasteiger partial charge in [-0.25, -0.2) is 9.79 Å². The molecule has 2 saturated carbocycles. The first-order valence-electron chi connectivity index (χ1n) is 5.45. The summed E-state index contributed by atoms with van der Waals surface area (Å²) in [5, 5.41) is 0. The third kappa shape index (κ3) is 1.83. The van der Waals surface area contributed by atoms with Crippen molar-refractivity contribution in [3.8, 4) is 0 Å². The van der Waals surface area contributed by atoms with Crippen molar-refractivity contribution in [1.82, 2.24) is 0 Å². The van der Waals surface area contributed by atoms with Crippen molar-refractivity contribution in [2.45, 2.75) is 38.5 Å².